The molecule has 1 fully saturated rings. The molecule has 0 bridgehead atoms. The first kappa shape index (κ1) is 16.8. The first-order valence-corrected chi connectivity index (χ1v) is 9.40. The maximum absolute atomic E-state index is 13.1. The van der Waals surface area contributed by atoms with Crippen LogP contribution in [0.4, 0.5) is 0 Å². The Morgan fingerprint density at radius 2 is 2.18 bits per heavy atom. The van der Waals surface area contributed by atoms with E-state index < -0.39 is 0 Å². The van der Waals surface area contributed by atoms with Crippen molar-refractivity contribution in [1.29, 1.82) is 0 Å². The Hall–Kier alpha value is -3.35. The van der Waals surface area contributed by atoms with Gasteiger partial charge in [-0.1, -0.05) is 6.07 Å². The molecule has 1 saturated heterocycles. The number of nitrogens with one attached hydrogen (secondary N) is 1. The molecule has 0 radical (unpaired) electrons. The zero-order valence-electron chi connectivity index (χ0n) is 15.8. The largest absolute Gasteiger partial charge is 0.496 e. The molecule has 7 nitrogen and oxygen atoms in total. The predicted octanol–water partition coefficient (Wildman–Crippen LogP) is 3.32. The number of nitrogens with zero attached hydrogens (tertiary/aromatic N) is 4. The lowest BCUT2D eigenvalue weighted by Crippen LogP contribution is -2.29. The highest BCUT2D eigenvalue weighted by Crippen LogP contribution is 2.30. The Balaban J connectivity index is 1.43. The Morgan fingerprint density at radius 3 is 3.04 bits per heavy atom. The van der Waals surface area contributed by atoms with Crippen molar-refractivity contribution >= 4 is 28.0 Å². The fraction of sp³-hybridized carbons (Fsp3) is 0.286. The van der Waals surface area contributed by atoms with E-state index in [0.29, 0.717) is 18.8 Å². The van der Waals surface area contributed by atoms with E-state index >= 15 is 0 Å². The summed E-state index contributed by atoms with van der Waals surface area (Å²) in [5.74, 6) is 1.71. The predicted molar refractivity (Wildman–Crippen MR) is 107 cm³/mol. The standard InChI is InChI=1S/C21H21N5O2/c1-13-23-17-6-4-9-22-20(17)26(13)14-8-10-25(12-14)21(27)18-11-15-16(24-18)5-3-7-19(15)28-2/h3-7,9,11,14,24H,8,10,12H2,1-2H3. The molecule has 3 aromatic heterocycles. The average Bonchev–Trinajstić information content (AvgIpc) is 3.42. The summed E-state index contributed by atoms with van der Waals surface area (Å²) >= 11 is 0. The van der Waals surface area contributed by atoms with Gasteiger partial charge in [0.1, 0.15) is 22.8 Å². The van der Waals surface area contributed by atoms with Gasteiger partial charge in [-0.2, -0.15) is 0 Å². The zero-order valence-corrected chi connectivity index (χ0v) is 15.8. The minimum atomic E-state index is 0.00999. The van der Waals surface area contributed by atoms with Crippen LogP contribution in [-0.2, 0) is 0 Å². The summed E-state index contributed by atoms with van der Waals surface area (Å²) in [6, 6.07) is 11.7. The number of ether oxygens (including phenoxy) is 1. The lowest BCUT2D eigenvalue weighted by Gasteiger charge is -2.17. The van der Waals surface area contributed by atoms with Gasteiger partial charge in [-0.3, -0.25) is 4.79 Å². The number of benzene rings is 1. The zero-order chi connectivity index (χ0) is 19.3. The molecular formula is C21H21N5O2. The van der Waals surface area contributed by atoms with Crippen molar-refractivity contribution in [3.8, 4) is 5.75 Å². The fourth-order valence-electron chi connectivity index (χ4n) is 4.21. The molecule has 1 aliphatic heterocycles. The highest BCUT2D eigenvalue weighted by atomic mass is 16.5. The lowest BCUT2D eigenvalue weighted by molar-refractivity contribution is 0.0783. The summed E-state index contributed by atoms with van der Waals surface area (Å²) in [6.45, 7) is 3.35. The van der Waals surface area contributed by atoms with Gasteiger partial charge in [-0.25, -0.2) is 9.97 Å². The van der Waals surface area contributed by atoms with E-state index in [1.165, 1.54) is 0 Å². The van der Waals surface area contributed by atoms with E-state index in [1.54, 1.807) is 13.3 Å². The van der Waals surface area contributed by atoms with Crippen LogP contribution in [0.25, 0.3) is 22.1 Å². The smallest absolute Gasteiger partial charge is 0.270 e. The molecule has 1 aromatic carbocycles. The molecule has 0 spiro atoms. The lowest BCUT2D eigenvalue weighted by atomic mass is 10.2. The van der Waals surface area contributed by atoms with Gasteiger partial charge in [0.25, 0.3) is 5.91 Å². The number of carbonyl (C=O) groups is 1. The van der Waals surface area contributed by atoms with E-state index in [-0.39, 0.29) is 11.9 Å². The molecule has 1 unspecified atom stereocenters. The average molecular weight is 375 g/mol. The number of fused-ring (bicyclic) bond motifs is 2. The second-order valence-corrected chi connectivity index (χ2v) is 7.17. The van der Waals surface area contributed by atoms with Crippen LogP contribution in [0, 0.1) is 6.92 Å². The molecule has 0 aliphatic carbocycles. The Labute approximate surface area is 162 Å². The van der Waals surface area contributed by atoms with Gasteiger partial charge in [0.2, 0.25) is 0 Å². The molecule has 0 saturated carbocycles. The van der Waals surface area contributed by atoms with Crippen molar-refractivity contribution in [2.45, 2.75) is 19.4 Å². The third kappa shape index (κ3) is 2.54. The number of hydrogen-bond donors (Lipinski definition) is 1. The van der Waals surface area contributed by atoms with Crippen LogP contribution < -0.4 is 4.74 Å². The van der Waals surface area contributed by atoms with Gasteiger partial charge in [0.05, 0.1) is 13.2 Å². The van der Waals surface area contributed by atoms with Crippen LogP contribution in [0.3, 0.4) is 0 Å². The Morgan fingerprint density at radius 1 is 1.29 bits per heavy atom. The van der Waals surface area contributed by atoms with Gasteiger partial charge in [0.15, 0.2) is 5.65 Å². The van der Waals surface area contributed by atoms with E-state index in [0.717, 1.165) is 40.1 Å². The molecule has 1 aliphatic rings. The van der Waals surface area contributed by atoms with Crippen molar-refractivity contribution in [3.05, 3.63) is 54.1 Å². The maximum atomic E-state index is 13.1. The molecule has 1 atom stereocenters. The number of aryl methyl sites for hydroxylation is 1. The summed E-state index contributed by atoms with van der Waals surface area (Å²) in [7, 11) is 1.64. The van der Waals surface area contributed by atoms with Gasteiger partial charge in [0, 0.05) is 30.2 Å². The molecule has 1 N–H and O–H groups in total. The molecular weight excluding hydrogens is 354 g/mol. The molecule has 5 rings (SSSR count). The number of amides is 1. The monoisotopic (exact) mass is 375 g/mol. The number of aromatic amines is 1. The number of imidazole rings is 1. The number of carbonyl (C=O) groups excluding carboxylic acids is 1. The van der Waals surface area contributed by atoms with E-state index in [9.17, 15) is 4.79 Å². The number of likely N-dealkylation sites (tertiary alicyclic amines) is 1. The van der Waals surface area contributed by atoms with Gasteiger partial charge >= 0.3 is 0 Å². The van der Waals surface area contributed by atoms with E-state index in [2.05, 4.69) is 19.5 Å². The number of methoxy groups -OCH3 is 1. The van der Waals surface area contributed by atoms with Crippen molar-refractivity contribution in [3.63, 3.8) is 0 Å². The first-order valence-electron chi connectivity index (χ1n) is 9.40. The van der Waals surface area contributed by atoms with Crippen LogP contribution in [-0.4, -0.2) is 50.5 Å². The molecule has 4 aromatic rings. The third-order valence-corrected chi connectivity index (χ3v) is 5.52. The van der Waals surface area contributed by atoms with Gasteiger partial charge < -0.3 is 19.2 Å². The Kier molecular flexibility index (Phi) is 3.82. The Bertz CT molecular complexity index is 1190. The molecule has 4 heterocycles. The summed E-state index contributed by atoms with van der Waals surface area (Å²) in [6.07, 6.45) is 2.67. The number of H-pyrrole nitrogens is 1. The minimum Gasteiger partial charge on any atom is -0.496 e. The van der Waals surface area contributed by atoms with Crippen molar-refractivity contribution in [2.24, 2.45) is 0 Å². The number of pyridine rings is 1. The van der Waals surface area contributed by atoms with Gasteiger partial charge in [-0.15, -0.1) is 0 Å². The van der Waals surface area contributed by atoms with Crippen LogP contribution in [0.5, 0.6) is 5.75 Å². The van der Waals surface area contributed by atoms with Crippen molar-refractivity contribution in [1.82, 2.24) is 24.4 Å². The summed E-state index contributed by atoms with van der Waals surface area (Å²) in [4.78, 5) is 27.3. The van der Waals surface area contributed by atoms with Crippen molar-refractivity contribution in [2.75, 3.05) is 20.2 Å². The summed E-state index contributed by atoms with van der Waals surface area (Å²) in [5.41, 5.74) is 3.27. The van der Waals surface area contributed by atoms with Crippen LogP contribution in [0.15, 0.2) is 42.6 Å². The van der Waals surface area contributed by atoms with Gasteiger partial charge in [-0.05, 0) is 43.7 Å². The highest BCUT2D eigenvalue weighted by Gasteiger charge is 2.31. The highest BCUT2D eigenvalue weighted by molar-refractivity contribution is 5.99. The normalized spacial score (nSPS) is 16.9. The minimum absolute atomic E-state index is 0.00999. The topological polar surface area (TPSA) is 76.0 Å². The fourth-order valence-corrected chi connectivity index (χ4v) is 4.21. The van der Waals surface area contributed by atoms with Crippen LogP contribution in [0.1, 0.15) is 28.8 Å². The first-order chi connectivity index (χ1) is 13.7. The third-order valence-electron chi connectivity index (χ3n) is 5.52. The number of rotatable bonds is 3. The molecule has 142 valence electrons. The maximum Gasteiger partial charge on any atom is 0.270 e. The van der Waals surface area contributed by atoms with Crippen molar-refractivity contribution < 1.29 is 9.53 Å². The molecule has 28 heavy (non-hydrogen) atoms. The summed E-state index contributed by atoms with van der Waals surface area (Å²) < 4.78 is 7.57. The second-order valence-electron chi connectivity index (χ2n) is 7.17. The molecule has 7 heteroatoms. The van der Waals surface area contributed by atoms with Crippen LogP contribution in [0.2, 0.25) is 0 Å². The van der Waals surface area contributed by atoms with Crippen LogP contribution >= 0.6 is 0 Å². The summed E-state index contributed by atoms with van der Waals surface area (Å²) in [5, 5.41) is 0.921. The number of aromatic nitrogens is 4. The number of hydrogen-bond acceptors (Lipinski definition) is 4. The SMILES string of the molecule is COc1cccc2[nH]c(C(=O)N3CCC(n4c(C)nc5cccnc54)C3)cc12. The molecule has 1 amide bonds. The second kappa shape index (κ2) is 6.37. The quantitative estimate of drug-likeness (QED) is 0.596. The van der Waals surface area contributed by atoms with E-state index in [1.807, 2.05) is 48.2 Å². The van der Waals surface area contributed by atoms with E-state index in [4.69, 9.17) is 4.74 Å².